The maximum absolute atomic E-state index is 12.2. The van der Waals surface area contributed by atoms with Crippen molar-refractivity contribution in [3.8, 4) is 5.75 Å². The lowest BCUT2D eigenvalue weighted by molar-refractivity contribution is -0.114. The summed E-state index contributed by atoms with van der Waals surface area (Å²) in [7, 11) is 0. The van der Waals surface area contributed by atoms with Crippen molar-refractivity contribution in [3.05, 3.63) is 71.9 Å². The summed E-state index contributed by atoms with van der Waals surface area (Å²) < 4.78 is 6.05. The fraction of sp³-hybridized carbons (Fsp3) is 0.160. The molecule has 1 fully saturated rings. The van der Waals surface area contributed by atoms with E-state index in [1.807, 2.05) is 0 Å². The number of aromatic nitrogens is 2. The number of primary amides is 1. The quantitative estimate of drug-likeness (QED) is 0.153. The minimum atomic E-state index is -1.08. The van der Waals surface area contributed by atoms with E-state index in [0.29, 0.717) is 22.8 Å². The van der Waals surface area contributed by atoms with E-state index in [0.717, 1.165) is 19.5 Å². The number of ketones is 1. The Morgan fingerprint density at radius 2 is 1.97 bits per heavy atom. The van der Waals surface area contributed by atoms with Crippen LogP contribution in [0.1, 0.15) is 16.8 Å². The number of carbonyl (C=O) groups is 3. The van der Waals surface area contributed by atoms with Crippen LogP contribution in [0, 0.1) is 0 Å². The molecule has 6 N–H and O–H groups in total. The lowest BCUT2D eigenvalue weighted by Crippen LogP contribution is -2.23. The summed E-state index contributed by atoms with van der Waals surface area (Å²) in [4.78, 5) is 44.2. The predicted molar refractivity (Wildman–Crippen MR) is 141 cm³/mol. The SMILES string of the molecule is C=CC(=O)Nc1cc(Nc2ncc(Cl)c(Nc3ccccc3C(=O)C(N)=O)n2)ccc1OC1CCNC1. The first-order valence-electron chi connectivity index (χ1n) is 11.3. The van der Waals surface area contributed by atoms with Gasteiger partial charge >= 0.3 is 0 Å². The van der Waals surface area contributed by atoms with E-state index >= 15 is 0 Å². The Balaban J connectivity index is 1.58. The van der Waals surface area contributed by atoms with Gasteiger partial charge in [0.2, 0.25) is 11.9 Å². The smallest absolute Gasteiger partial charge is 0.289 e. The third kappa shape index (κ3) is 6.40. The fourth-order valence-electron chi connectivity index (χ4n) is 3.59. The molecule has 1 unspecified atom stereocenters. The minimum Gasteiger partial charge on any atom is -0.487 e. The largest absolute Gasteiger partial charge is 0.487 e. The Bertz CT molecular complexity index is 1360. The number of benzene rings is 2. The van der Waals surface area contributed by atoms with Crippen LogP contribution in [0.15, 0.2) is 61.3 Å². The van der Waals surface area contributed by atoms with Gasteiger partial charge in [0.1, 0.15) is 16.9 Å². The molecule has 0 spiro atoms. The van der Waals surface area contributed by atoms with Gasteiger partial charge in [-0.15, -0.1) is 0 Å². The van der Waals surface area contributed by atoms with Crippen LogP contribution in [0.25, 0.3) is 0 Å². The summed E-state index contributed by atoms with van der Waals surface area (Å²) in [6.45, 7) is 5.08. The molecule has 3 aromatic rings. The summed E-state index contributed by atoms with van der Waals surface area (Å²) in [6.07, 6.45) is 3.40. The van der Waals surface area contributed by atoms with Gasteiger partial charge in [0.05, 0.1) is 23.1 Å². The molecule has 2 heterocycles. The summed E-state index contributed by atoms with van der Waals surface area (Å²) in [5.41, 5.74) is 6.55. The van der Waals surface area contributed by atoms with Crippen LogP contribution >= 0.6 is 11.6 Å². The molecule has 0 bridgehead atoms. The van der Waals surface area contributed by atoms with E-state index in [1.165, 1.54) is 18.3 Å². The van der Waals surface area contributed by atoms with Crippen molar-refractivity contribution in [2.45, 2.75) is 12.5 Å². The Morgan fingerprint density at radius 1 is 1.16 bits per heavy atom. The molecule has 0 saturated carbocycles. The van der Waals surface area contributed by atoms with Crippen LogP contribution in [-0.4, -0.2) is 46.8 Å². The Labute approximate surface area is 217 Å². The first-order chi connectivity index (χ1) is 17.8. The highest BCUT2D eigenvalue weighted by Gasteiger charge is 2.20. The molecule has 37 heavy (non-hydrogen) atoms. The number of para-hydroxylation sites is 1. The Kier molecular flexibility index (Phi) is 7.96. The number of hydrogen-bond donors (Lipinski definition) is 5. The second-order valence-corrected chi connectivity index (χ2v) is 8.42. The molecule has 4 rings (SSSR count). The highest BCUT2D eigenvalue weighted by Crippen LogP contribution is 2.32. The van der Waals surface area contributed by atoms with Crippen molar-refractivity contribution in [2.75, 3.05) is 29.0 Å². The number of anilines is 5. The van der Waals surface area contributed by atoms with Crippen molar-refractivity contribution >= 4 is 58.0 Å². The van der Waals surface area contributed by atoms with E-state index < -0.39 is 11.7 Å². The first-order valence-corrected chi connectivity index (χ1v) is 11.7. The van der Waals surface area contributed by atoms with Crippen molar-refractivity contribution in [2.24, 2.45) is 5.73 Å². The number of rotatable bonds is 10. The highest BCUT2D eigenvalue weighted by molar-refractivity contribution is 6.43. The van der Waals surface area contributed by atoms with Gasteiger partial charge in [0, 0.05) is 12.2 Å². The number of halogens is 1. The van der Waals surface area contributed by atoms with Gasteiger partial charge in [-0.3, -0.25) is 14.4 Å². The maximum Gasteiger partial charge on any atom is 0.289 e. The molecule has 1 aromatic heterocycles. The molecule has 0 radical (unpaired) electrons. The molecule has 11 nitrogen and oxygen atoms in total. The van der Waals surface area contributed by atoms with Gasteiger partial charge in [0.15, 0.2) is 5.82 Å². The standard InChI is InChI=1S/C25H24ClN7O4/c1-2-21(34)31-19-11-14(7-8-20(19)37-15-9-10-28-12-15)30-25-29-13-17(26)24(33-25)32-18-6-4-3-5-16(18)22(35)23(27)36/h2-8,11,13,15,28H,1,9-10,12H2,(H2,27,36)(H,31,34)(H2,29,30,32,33). The first kappa shape index (κ1) is 25.6. The van der Waals surface area contributed by atoms with Crippen LogP contribution in [0.5, 0.6) is 5.75 Å². The van der Waals surface area contributed by atoms with E-state index in [-0.39, 0.29) is 34.4 Å². The summed E-state index contributed by atoms with van der Waals surface area (Å²) in [5, 5.41) is 12.2. The molecule has 190 valence electrons. The van der Waals surface area contributed by atoms with Crippen molar-refractivity contribution in [1.82, 2.24) is 15.3 Å². The topological polar surface area (TPSA) is 160 Å². The number of nitrogens with zero attached hydrogens (tertiary/aromatic N) is 2. The van der Waals surface area contributed by atoms with Gasteiger partial charge in [0.25, 0.3) is 11.7 Å². The predicted octanol–water partition coefficient (Wildman–Crippen LogP) is 3.15. The number of nitrogens with one attached hydrogen (secondary N) is 4. The number of carbonyl (C=O) groups excluding carboxylic acids is 3. The molecule has 0 aliphatic carbocycles. The Morgan fingerprint density at radius 3 is 2.70 bits per heavy atom. The average Bonchev–Trinajstić information content (AvgIpc) is 3.40. The van der Waals surface area contributed by atoms with Crippen LogP contribution < -0.4 is 31.7 Å². The second kappa shape index (κ2) is 11.5. The molecular weight excluding hydrogens is 498 g/mol. The third-order valence-corrected chi connectivity index (χ3v) is 5.66. The average molecular weight is 522 g/mol. The molecule has 1 aliphatic rings. The molecule has 1 atom stereocenters. The van der Waals surface area contributed by atoms with E-state index in [1.54, 1.807) is 36.4 Å². The van der Waals surface area contributed by atoms with Gasteiger partial charge in [-0.2, -0.15) is 4.98 Å². The van der Waals surface area contributed by atoms with Crippen LogP contribution in [-0.2, 0) is 9.59 Å². The van der Waals surface area contributed by atoms with Crippen molar-refractivity contribution in [3.63, 3.8) is 0 Å². The molecule has 2 amide bonds. The van der Waals surface area contributed by atoms with Gasteiger partial charge in [-0.05, 0) is 49.4 Å². The zero-order chi connectivity index (χ0) is 26.4. The van der Waals surface area contributed by atoms with Crippen molar-refractivity contribution < 1.29 is 19.1 Å². The summed E-state index contributed by atoms with van der Waals surface area (Å²) in [5.74, 6) is -1.43. The van der Waals surface area contributed by atoms with Crippen LogP contribution in [0.4, 0.5) is 28.8 Å². The number of ether oxygens (including phenoxy) is 1. The lowest BCUT2D eigenvalue weighted by Gasteiger charge is -2.18. The second-order valence-electron chi connectivity index (χ2n) is 8.02. The number of Topliss-reactive ketones (excluding diaryl/α,β-unsaturated/α-hetero) is 1. The normalized spacial score (nSPS) is 14.5. The van der Waals surface area contributed by atoms with Gasteiger partial charge in [-0.1, -0.05) is 30.3 Å². The maximum atomic E-state index is 12.2. The van der Waals surface area contributed by atoms with Crippen molar-refractivity contribution in [1.29, 1.82) is 0 Å². The van der Waals surface area contributed by atoms with Gasteiger partial charge < -0.3 is 31.7 Å². The van der Waals surface area contributed by atoms with Crippen LogP contribution in [0.3, 0.4) is 0 Å². The van der Waals surface area contributed by atoms with E-state index in [4.69, 9.17) is 22.1 Å². The van der Waals surface area contributed by atoms with Crippen LogP contribution in [0.2, 0.25) is 5.02 Å². The third-order valence-electron chi connectivity index (χ3n) is 5.38. The number of hydrogen-bond acceptors (Lipinski definition) is 9. The lowest BCUT2D eigenvalue weighted by atomic mass is 10.1. The van der Waals surface area contributed by atoms with E-state index in [2.05, 4.69) is 37.8 Å². The monoisotopic (exact) mass is 521 g/mol. The highest BCUT2D eigenvalue weighted by atomic mass is 35.5. The number of nitrogens with two attached hydrogens (primary N) is 1. The number of amides is 2. The molecule has 1 aliphatic heterocycles. The van der Waals surface area contributed by atoms with Gasteiger partial charge in [-0.25, -0.2) is 4.98 Å². The summed E-state index contributed by atoms with van der Waals surface area (Å²) in [6, 6.07) is 11.5. The summed E-state index contributed by atoms with van der Waals surface area (Å²) >= 11 is 6.27. The Hall–Kier alpha value is -4.48. The van der Waals surface area contributed by atoms with E-state index in [9.17, 15) is 14.4 Å². The zero-order valence-corrected chi connectivity index (χ0v) is 20.3. The molecule has 2 aromatic carbocycles. The minimum absolute atomic E-state index is 0.00394. The fourth-order valence-corrected chi connectivity index (χ4v) is 3.73. The molecule has 1 saturated heterocycles. The molecular formula is C25H24ClN7O4. The zero-order valence-electron chi connectivity index (χ0n) is 19.6. The molecule has 12 heteroatoms.